The molecular formula is C23H23NO5. The predicted octanol–water partition coefficient (Wildman–Crippen LogP) is 4.01. The molecule has 1 N–H and O–H groups in total. The molecule has 0 saturated heterocycles. The van der Waals surface area contributed by atoms with Crippen LogP contribution in [0.1, 0.15) is 31.0 Å². The summed E-state index contributed by atoms with van der Waals surface area (Å²) >= 11 is 0. The van der Waals surface area contributed by atoms with Crippen LogP contribution >= 0.6 is 0 Å². The van der Waals surface area contributed by atoms with E-state index in [2.05, 4.69) is 5.32 Å². The SMILES string of the molecule is COc1ccc([C@H](NC(C)=O)c2c(OC(C)=O)ccc3ccccc23)cc1OC. The van der Waals surface area contributed by atoms with Gasteiger partial charge in [0.05, 0.1) is 20.3 Å². The largest absolute Gasteiger partial charge is 0.493 e. The van der Waals surface area contributed by atoms with Crippen molar-refractivity contribution in [2.24, 2.45) is 0 Å². The van der Waals surface area contributed by atoms with Gasteiger partial charge in [-0.3, -0.25) is 9.59 Å². The summed E-state index contributed by atoms with van der Waals surface area (Å²) in [5.74, 6) is 0.859. The molecule has 0 radical (unpaired) electrons. The highest BCUT2D eigenvalue weighted by molar-refractivity contribution is 5.90. The lowest BCUT2D eigenvalue weighted by Gasteiger charge is -2.24. The minimum atomic E-state index is -0.562. The first-order valence-electron chi connectivity index (χ1n) is 9.13. The van der Waals surface area contributed by atoms with E-state index in [0.717, 1.165) is 16.3 Å². The van der Waals surface area contributed by atoms with Gasteiger partial charge in [0.15, 0.2) is 11.5 Å². The van der Waals surface area contributed by atoms with Gasteiger partial charge in [0.1, 0.15) is 5.75 Å². The zero-order valence-corrected chi connectivity index (χ0v) is 16.8. The molecule has 6 nitrogen and oxygen atoms in total. The maximum absolute atomic E-state index is 12.1. The molecule has 0 fully saturated rings. The van der Waals surface area contributed by atoms with Crippen molar-refractivity contribution in [2.45, 2.75) is 19.9 Å². The van der Waals surface area contributed by atoms with Crippen LogP contribution in [0.15, 0.2) is 54.6 Å². The number of esters is 1. The third kappa shape index (κ3) is 4.32. The molecule has 150 valence electrons. The van der Waals surface area contributed by atoms with Crippen molar-refractivity contribution in [2.75, 3.05) is 14.2 Å². The van der Waals surface area contributed by atoms with Crippen LogP contribution in [-0.2, 0) is 9.59 Å². The number of carbonyl (C=O) groups is 2. The van der Waals surface area contributed by atoms with E-state index >= 15 is 0 Å². The second-order valence-corrected chi connectivity index (χ2v) is 6.54. The molecule has 3 aromatic carbocycles. The van der Waals surface area contributed by atoms with Crippen LogP contribution in [0.4, 0.5) is 0 Å². The van der Waals surface area contributed by atoms with E-state index in [4.69, 9.17) is 14.2 Å². The number of fused-ring (bicyclic) bond motifs is 1. The molecule has 0 aliphatic heterocycles. The van der Waals surface area contributed by atoms with E-state index in [0.29, 0.717) is 22.8 Å². The molecule has 3 rings (SSSR count). The summed E-state index contributed by atoms with van der Waals surface area (Å²) in [5, 5.41) is 4.82. The van der Waals surface area contributed by atoms with Gasteiger partial charge >= 0.3 is 5.97 Å². The number of carbonyl (C=O) groups excluding carboxylic acids is 2. The lowest BCUT2D eigenvalue weighted by Crippen LogP contribution is -2.28. The zero-order valence-electron chi connectivity index (χ0n) is 16.8. The first-order chi connectivity index (χ1) is 13.9. The number of methoxy groups -OCH3 is 2. The summed E-state index contributed by atoms with van der Waals surface area (Å²) in [6.07, 6.45) is 0. The van der Waals surface area contributed by atoms with E-state index in [1.54, 1.807) is 32.4 Å². The molecule has 0 heterocycles. The number of hydrogen-bond acceptors (Lipinski definition) is 5. The van der Waals surface area contributed by atoms with Crippen molar-refractivity contribution in [3.63, 3.8) is 0 Å². The second kappa shape index (κ2) is 8.65. The van der Waals surface area contributed by atoms with Gasteiger partial charge < -0.3 is 19.5 Å². The Morgan fingerprint density at radius 3 is 2.21 bits per heavy atom. The number of hydrogen-bond donors (Lipinski definition) is 1. The highest BCUT2D eigenvalue weighted by Gasteiger charge is 2.24. The first-order valence-corrected chi connectivity index (χ1v) is 9.13. The van der Waals surface area contributed by atoms with Gasteiger partial charge in [-0.05, 0) is 34.5 Å². The quantitative estimate of drug-likeness (QED) is 0.506. The number of benzene rings is 3. The average molecular weight is 393 g/mol. The van der Waals surface area contributed by atoms with E-state index in [1.165, 1.54) is 13.8 Å². The molecule has 0 unspecified atom stereocenters. The molecule has 0 spiro atoms. The number of nitrogens with one attached hydrogen (secondary N) is 1. The Hall–Kier alpha value is -3.54. The monoisotopic (exact) mass is 393 g/mol. The zero-order chi connectivity index (χ0) is 21.0. The highest BCUT2D eigenvalue weighted by atomic mass is 16.5. The van der Waals surface area contributed by atoms with Crippen LogP contribution in [0.5, 0.6) is 17.2 Å². The molecule has 1 amide bonds. The molecule has 0 aliphatic rings. The van der Waals surface area contributed by atoms with Crippen LogP contribution in [0.2, 0.25) is 0 Å². The van der Waals surface area contributed by atoms with Gasteiger partial charge in [-0.2, -0.15) is 0 Å². The van der Waals surface area contributed by atoms with Crippen molar-refractivity contribution in [3.05, 3.63) is 65.7 Å². The predicted molar refractivity (Wildman–Crippen MR) is 110 cm³/mol. The molecule has 6 heteroatoms. The first kappa shape index (κ1) is 20.2. The molecule has 3 aromatic rings. The van der Waals surface area contributed by atoms with Crippen molar-refractivity contribution in [1.82, 2.24) is 5.32 Å². The van der Waals surface area contributed by atoms with Crippen LogP contribution in [0.25, 0.3) is 10.8 Å². The third-order valence-electron chi connectivity index (χ3n) is 4.56. The smallest absolute Gasteiger partial charge is 0.308 e. The Balaban J connectivity index is 2.28. The topological polar surface area (TPSA) is 73.9 Å². The fraction of sp³-hybridized carbons (Fsp3) is 0.217. The Morgan fingerprint density at radius 2 is 1.55 bits per heavy atom. The number of ether oxygens (including phenoxy) is 3. The molecule has 29 heavy (non-hydrogen) atoms. The minimum Gasteiger partial charge on any atom is -0.493 e. The Labute approximate surface area is 169 Å². The molecule has 0 saturated carbocycles. The Morgan fingerprint density at radius 1 is 0.862 bits per heavy atom. The van der Waals surface area contributed by atoms with Crippen LogP contribution in [0.3, 0.4) is 0 Å². The van der Waals surface area contributed by atoms with E-state index in [1.807, 2.05) is 36.4 Å². The Bertz CT molecular complexity index is 1060. The van der Waals surface area contributed by atoms with Gasteiger partial charge in [-0.1, -0.05) is 36.4 Å². The summed E-state index contributed by atoms with van der Waals surface area (Å²) in [4.78, 5) is 23.8. The van der Waals surface area contributed by atoms with Crippen molar-refractivity contribution < 1.29 is 23.8 Å². The van der Waals surface area contributed by atoms with Crippen LogP contribution in [0, 0.1) is 0 Å². The summed E-state index contributed by atoms with van der Waals surface area (Å²) in [6.45, 7) is 2.80. The van der Waals surface area contributed by atoms with Crippen LogP contribution in [-0.4, -0.2) is 26.1 Å². The lowest BCUT2D eigenvalue weighted by atomic mass is 9.92. The van der Waals surface area contributed by atoms with Crippen molar-refractivity contribution >= 4 is 22.6 Å². The molecule has 0 bridgehead atoms. The fourth-order valence-electron chi connectivity index (χ4n) is 3.38. The van der Waals surface area contributed by atoms with Gasteiger partial charge in [0.2, 0.25) is 5.91 Å². The van der Waals surface area contributed by atoms with Crippen LogP contribution < -0.4 is 19.5 Å². The number of amides is 1. The number of rotatable bonds is 6. The van der Waals surface area contributed by atoms with E-state index in [-0.39, 0.29) is 5.91 Å². The second-order valence-electron chi connectivity index (χ2n) is 6.54. The van der Waals surface area contributed by atoms with Crippen molar-refractivity contribution in [1.29, 1.82) is 0 Å². The maximum atomic E-state index is 12.1. The Kier molecular flexibility index (Phi) is 6.02. The summed E-state index contributed by atoms with van der Waals surface area (Å²) in [5.41, 5.74) is 1.46. The molecule has 1 atom stereocenters. The fourth-order valence-corrected chi connectivity index (χ4v) is 3.38. The third-order valence-corrected chi connectivity index (χ3v) is 4.56. The lowest BCUT2D eigenvalue weighted by molar-refractivity contribution is -0.131. The summed E-state index contributed by atoms with van der Waals surface area (Å²) in [6, 6.07) is 16.2. The molecule has 0 aliphatic carbocycles. The minimum absolute atomic E-state index is 0.216. The van der Waals surface area contributed by atoms with E-state index < -0.39 is 12.0 Å². The van der Waals surface area contributed by atoms with Gasteiger partial charge in [-0.15, -0.1) is 0 Å². The normalized spacial score (nSPS) is 11.6. The summed E-state index contributed by atoms with van der Waals surface area (Å²) in [7, 11) is 3.11. The van der Waals surface area contributed by atoms with Gasteiger partial charge in [0.25, 0.3) is 0 Å². The van der Waals surface area contributed by atoms with Gasteiger partial charge in [0, 0.05) is 19.4 Å². The van der Waals surface area contributed by atoms with E-state index in [9.17, 15) is 9.59 Å². The highest BCUT2D eigenvalue weighted by Crippen LogP contribution is 2.39. The standard InChI is InChI=1S/C23H23NO5/c1-14(25)24-23(17-10-11-19(27-3)21(13-17)28-4)22-18-8-6-5-7-16(18)9-12-20(22)29-15(2)26/h5-13,23H,1-4H3,(H,24,25)/t23-/m0/s1. The average Bonchev–Trinajstić information content (AvgIpc) is 2.71. The van der Waals surface area contributed by atoms with Crippen molar-refractivity contribution in [3.8, 4) is 17.2 Å². The van der Waals surface area contributed by atoms with Gasteiger partial charge in [-0.25, -0.2) is 0 Å². The molecular weight excluding hydrogens is 370 g/mol. The molecule has 0 aromatic heterocycles. The maximum Gasteiger partial charge on any atom is 0.308 e. The summed E-state index contributed by atoms with van der Waals surface area (Å²) < 4.78 is 16.2.